The highest BCUT2D eigenvalue weighted by molar-refractivity contribution is 7.22. The van der Waals surface area contributed by atoms with Gasteiger partial charge in [0.15, 0.2) is 0 Å². The quantitative estimate of drug-likeness (QED) is 0.538. The lowest BCUT2D eigenvalue weighted by Gasteiger charge is -1.95. The molecule has 0 aliphatic carbocycles. The van der Waals surface area contributed by atoms with E-state index in [-0.39, 0.29) is 5.75 Å². The summed E-state index contributed by atoms with van der Waals surface area (Å²) in [5.74, 6) is 0.278. The average molecular weight is 309 g/mol. The molecule has 0 amide bonds. The number of fused-ring (bicyclic) bond motifs is 1. The number of hydrogen-bond donors (Lipinski definition) is 1. The molecule has 0 saturated heterocycles. The predicted molar refractivity (Wildman–Crippen MR) is 90.0 cm³/mol. The molecule has 4 heteroatoms. The Balaban J connectivity index is 1.75. The van der Waals surface area contributed by atoms with Gasteiger partial charge in [0.25, 0.3) is 0 Å². The Bertz CT molecular complexity index is 873. The summed E-state index contributed by atoms with van der Waals surface area (Å²) < 4.78 is 1.28. The van der Waals surface area contributed by atoms with Crippen molar-refractivity contribution in [2.24, 2.45) is 0 Å². The van der Waals surface area contributed by atoms with Crippen LogP contribution in [-0.2, 0) is 0 Å². The van der Waals surface area contributed by atoms with E-state index in [9.17, 15) is 5.11 Å². The Hall–Kier alpha value is -2.17. The largest absolute Gasteiger partial charge is 0.508 e. The van der Waals surface area contributed by atoms with E-state index >= 15 is 0 Å². The Labute approximate surface area is 130 Å². The summed E-state index contributed by atoms with van der Waals surface area (Å²) in [4.78, 5) is 5.92. The van der Waals surface area contributed by atoms with Gasteiger partial charge in [-0.3, -0.25) is 0 Å². The summed E-state index contributed by atoms with van der Waals surface area (Å²) in [5.41, 5.74) is 2.05. The van der Waals surface area contributed by atoms with Crippen LogP contribution in [0.1, 0.15) is 0 Å². The number of thiazole rings is 1. The van der Waals surface area contributed by atoms with Crippen LogP contribution in [0.5, 0.6) is 5.75 Å². The molecule has 2 aromatic heterocycles. The molecule has 2 heterocycles. The van der Waals surface area contributed by atoms with E-state index in [4.69, 9.17) is 4.98 Å². The number of aromatic hydroxyl groups is 1. The van der Waals surface area contributed by atoms with E-state index in [0.717, 1.165) is 16.3 Å². The summed E-state index contributed by atoms with van der Waals surface area (Å²) in [5, 5.41) is 13.7. The lowest BCUT2D eigenvalue weighted by Crippen LogP contribution is -1.76. The van der Waals surface area contributed by atoms with E-state index in [1.54, 1.807) is 34.8 Å². The van der Waals surface area contributed by atoms with Crippen molar-refractivity contribution in [2.75, 3.05) is 0 Å². The molecule has 0 radical (unpaired) electrons. The predicted octanol–water partition coefficient (Wildman–Crippen LogP) is 5.40. The fraction of sp³-hybridized carbons (Fsp3) is 0. The third-order valence-electron chi connectivity index (χ3n) is 3.30. The number of aromatic nitrogens is 1. The fourth-order valence-corrected chi connectivity index (χ4v) is 4.16. The van der Waals surface area contributed by atoms with Gasteiger partial charge in [-0.1, -0.05) is 18.2 Å². The zero-order valence-corrected chi connectivity index (χ0v) is 12.6. The molecule has 0 atom stereocenters. The standard InChI is InChI=1S/C17H11NOS2/c19-13-7-5-11(6-8-13)17-18-14(10-20-17)16-9-12-3-1-2-4-15(12)21-16/h1-10,19H. The first kappa shape index (κ1) is 12.6. The van der Waals surface area contributed by atoms with Crippen LogP contribution in [-0.4, -0.2) is 10.1 Å². The molecule has 2 nitrogen and oxygen atoms in total. The normalized spacial score (nSPS) is 11.0. The van der Waals surface area contributed by atoms with Crippen LogP contribution in [0.15, 0.2) is 60.0 Å². The minimum atomic E-state index is 0.278. The molecule has 102 valence electrons. The summed E-state index contributed by atoms with van der Waals surface area (Å²) in [6.07, 6.45) is 0. The number of nitrogens with zero attached hydrogens (tertiary/aromatic N) is 1. The van der Waals surface area contributed by atoms with E-state index in [0.29, 0.717) is 0 Å². The van der Waals surface area contributed by atoms with Gasteiger partial charge in [-0.05, 0) is 41.8 Å². The van der Waals surface area contributed by atoms with Gasteiger partial charge in [0.1, 0.15) is 10.8 Å². The molecule has 0 bridgehead atoms. The minimum absolute atomic E-state index is 0.278. The summed E-state index contributed by atoms with van der Waals surface area (Å²) >= 11 is 3.39. The van der Waals surface area contributed by atoms with Gasteiger partial charge < -0.3 is 5.11 Å². The molecule has 0 saturated carbocycles. The zero-order chi connectivity index (χ0) is 14.2. The average Bonchev–Trinajstić information content (AvgIpc) is 3.14. The molecule has 21 heavy (non-hydrogen) atoms. The lowest BCUT2D eigenvalue weighted by atomic mass is 10.2. The van der Waals surface area contributed by atoms with Crippen molar-refractivity contribution in [3.8, 4) is 26.9 Å². The summed E-state index contributed by atoms with van der Waals surface area (Å²) in [6, 6.07) is 17.7. The number of hydrogen-bond acceptors (Lipinski definition) is 4. The van der Waals surface area contributed by atoms with Crippen LogP contribution in [0.3, 0.4) is 0 Å². The molecule has 1 N–H and O–H groups in total. The highest BCUT2D eigenvalue weighted by atomic mass is 32.1. The monoisotopic (exact) mass is 309 g/mol. The number of rotatable bonds is 2. The van der Waals surface area contributed by atoms with Crippen LogP contribution < -0.4 is 0 Å². The third kappa shape index (κ3) is 2.33. The van der Waals surface area contributed by atoms with Crippen LogP contribution in [0.4, 0.5) is 0 Å². The van der Waals surface area contributed by atoms with Crippen LogP contribution in [0.2, 0.25) is 0 Å². The zero-order valence-electron chi connectivity index (χ0n) is 11.0. The molecule has 0 aliphatic heterocycles. The van der Waals surface area contributed by atoms with Crippen molar-refractivity contribution in [3.05, 3.63) is 60.0 Å². The van der Waals surface area contributed by atoms with Gasteiger partial charge in [-0.15, -0.1) is 22.7 Å². The maximum Gasteiger partial charge on any atom is 0.124 e. The maximum atomic E-state index is 9.35. The van der Waals surface area contributed by atoms with Gasteiger partial charge in [0, 0.05) is 15.6 Å². The van der Waals surface area contributed by atoms with Crippen molar-refractivity contribution in [1.29, 1.82) is 0 Å². The third-order valence-corrected chi connectivity index (χ3v) is 5.33. The molecule has 4 aromatic rings. The lowest BCUT2D eigenvalue weighted by molar-refractivity contribution is 0.475. The van der Waals surface area contributed by atoms with Gasteiger partial charge in [0.2, 0.25) is 0 Å². The molecule has 0 aliphatic rings. The first-order valence-corrected chi connectivity index (χ1v) is 8.23. The van der Waals surface area contributed by atoms with E-state index in [1.165, 1.54) is 15.0 Å². The Kier molecular flexibility index (Phi) is 2.98. The highest BCUT2D eigenvalue weighted by Crippen LogP contribution is 2.36. The van der Waals surface area contributed by atoms with Crippen molar-refractivity contribution in [1.82, 2.24) is 4.98 Å². The Morgan fingerprint density at radius 1 is 0.952 bits per heavy atom. The molecule has 4 rings (SSSR count). The van der Waals surface area contributed by atoms with E-state index < -0.39 is 0 Å². The van der Waals surface area contributed by atoms with Crippen molar-refractivity contribution < 1.29 is 5.11 Å². The molecule has 0 spiro atoms. The summed E-state index contributed by atoms with van der Waals surface area (Å²) in [6.45, 7) is 0. The van der Waals surface area contributed by atoms with Gasteiger partial charge in [0.05, 0.1) is 10.6 Å². The number of phenols is 1. The summed E-state index contributed by atoms with van der Waals surface area (Å²) in [7, 11) is 0. The van der Waals surface area contributed by atoms with Gasteiger partial charge in [-0.2, -0.15) is 0 Å². The molecule has 0 fully saturated rings. The minimum Gasteiger partial charge on any atom is -0.508 e. The topological polar surface area (TPSA) is 33.1 Å². The van der Waals surface area contributed by atoms with E-state index in [2.05, 4.69) is 35.7 Å². The second-order valence-electron chi connectivity index (χ2n) is 4.73. The first-order valence-electron chi connectivity index (χ1n) is 6.53. The van der Waals surface area contributed by atoms with Crippen LogP contribution in [0.25, 0.3) is 31.2 Å². The molecule has 0 unspecified atom stereocenters. The highest BCUT2D eigenvalue weighted by Gasteiger charge is 2.09. The smallest absolute Gasteiger partial charge is 0.124 e. The maximum absolute atomic E-state index is 9.35. The molecular formula is C17H11NOS2. The van der Waals surface area contributed by atoms with Gasteiger partial charge >= 0.3 is 0 Å². The first-order chi connectivity index (χ1) is 10.3. The number of phenolic OH excluding ortho intramolecular Hbond substituents is 1. The van der Waals surface area contributed by atoms with Crippen molar-refractivity contribution >= 4 is 32.8 Å². The SMILES string of the molecule is Oc1ccc(-c2nc(-c3cc4ccccc4s3)cs2)cc1. The molecular weight excluding hydrogens is 298 g/mol. The Morgan fingerprint density at radius 3 is 2.57 bits per heavy atom. The van der Waals surface area contributed by atoms with Crippen molar-refractivity contribution in [2.45, 2.75) is 0 Å². The van der Waals surface area contributed by atoms with E-state index in [1.807, 2.05) is 12.1 Å². The fourth-order valence-electron chi connectivity index (χ4n) is 2.23. The van der Waals surface area contributed by atoms with Crippen LogP contribution in [0, 0.1) is 0 Å². The second-order valence-corrected chi connectivity index (χ2v) is 6.68. The van der Waals surface area contributed by atoms with Gasteiger partial charge in [-0.25, -0.2) is 4.98 Å². The number of thiophene rings is 1. The second kappa shape index (κ2) is 4.98. The molecule has 2 aromatic carbocycles. The Morgan fingerprint density at radius 2 is 1.76 bits per heavy atom. The van der Waals surface area contributed by atoms with Crippen molar-refractivity contribution in [3.63, 3.8) is 0 Å². The number of benzene rings is 2. The van der Waals surface area contributed by atoms with Crippen LogP contribution >= 0.6 is 22.7 Å².